The molecular formula is C44H26N2O. The van der Waals surface area contributed by atoms with Crippen molar-refractivity contribution in [1.29, 1.82) is 0 Å². The Kier molecular flexibility index (Phi) is 4.84. The highest BCUT2D eigenvalue weighted by Gasteiger charge is 2.23. The summed E-state index contributed by atoms with van der Waals surface area (Å²) in [6.07, 6.45) is 0. The Morgan fingerprint density at radius 3 is 1.21 bits per heavy atom. The molecule has 0 N–H and O–H groups in total. The zero-order valence-electron chi connectivity index (χ0n) is 25.3. The Labute approximate surface area is 269 Å². The zero-order chi connectivity index (χ0) is 30.6. The van der Waals surface area contributed by atoms with Gasteiger partial charge < -0.3 is 13.6 Å². The summed E-state index contributed by atoms with van der Waals surface area (Å²) in [6.45, 7) is 0. The summed E-state index contributed by atoms with van der Waals surface area (Å²) in [5, 5.41) is 11.9. The fourth-order valence-electron chi connectivity index (χ4n) is 7.96. The lowest BCUT2D eigenvalue weighted by atomic mass is 10.1. The van der Waals surface area contributed by atoms with Crippen molar-refractivity contribution in [3.8, 4) is 11.4 Å². The second-order valence-electron chi connectivity index (χ2n) is 12.5. The van der Waals surface area contributed by atoms with Gasteiger partial charge in [-0.25, -0.2) is 0 Å². The molecule has 0 unspecified atom stereocenters. The summed E-state index contributed by atoms with van der Waals surface area (Å²) in [6, 6.07) is 57.0. The van der Waals surface area contributed by atoms with E-state index in [-0.39, 0.29) is 0 Å². The van der Waals surface area contributed by atoms with Gasteiger partial charge in [0.25, 0.3) is 0 Å². The molecule has 0 fully saturated rings. The summed E-state index contributed by atoms with van der Waals surface area (Å²) in [5.41, 5.74) is 8.58. The number of nitrogens with zero attached hydrogens (tertiary/aromatic N) is 2. The maximum absolute atomic E-state index is 7.20. The minimum absolute atomic E-state index is 0.907. The third kappa shape index (κ3) is 3.35. The molecule has 3 heterocycles. The minimum atomic E-state index is 0.907. The van der Waals surface area contributed by atoms with Crippen LogP contribution in [-0.4, -0.2) is 9.13 Å². The lowest BCUT2D eigenvalue weighted by molar-refractivity contribution is 0.673. The number of furan rings is 1. The number of para-hydroxylation sites is 2. The Hall–Kier alpha value is -6.32. The van der Waals surface area contributed by atoms with Gasteiger partial charge in [0.15, 0.2) is 11.2 Å². The highest BCUT2D eigenvalue weighted by molar-refractivity contribution is 6.26. The summed E-state index contributed by atoms with van der Waals surface area (Å²) in [5.74, 6) is 0. The van der Waals surface area contributed by atoms with E-state index in [1.165, 1.54) is 54.1 Å². The number of hydrogen-bond acceptors (Lipinski definition) is 1. The van der Waals surface area contributed by atoms with E-state index < -0.39 is 0 Å². The van der Waals surface area contributed by atoms with Crippen molar-refractivity contribution >= 4 is 87.1 Å². The number of fused-ring (bicyclic) bond motifs is 13. The van der Waals surface area contributed by atoms with Crippen molar-refractivity contribution in [3.05, 3.63) is 158 Å². The molecule has 0 radical (unpaired) electrons. The first-order valence-corrected chi connectivity index (χ1v) is 16.1. The van der Waals surface area contributed by atoms with Crippen LogP contribution < -0.4 is 0 Å². The first-order chi connectivity index (χ1) is 23.3. The van der Waals surface area contributed by atoms with E-state index in [2.05, 4.69) is 167 Å². The molecular weight excluding hydrogens is 572 g/mol. The number of benzene rings is 8. The largest absolute Gasteiger partial charge is 0.452 e. The van der Waals surface area contributed by atoms with Gasteiger partial charge in [-0.3, -0.25) is 0 Å². The lowest BCUT2D eigenvalue weighted by Crippen LogP contribution is -1.94. The first-order valence-electron chi connectivity index (χ1n) is 16.1. The number of aromatic nitrogens is 2. The van der Waals surface area contributed by atoms with Gasteiger partial charge >= 0.3 is 0 Å². The van der Waals surface area contributed by atoms with Gasteiger partial charge in [0.1, 0.15) is 0 Å². The summed E-state index contributed by atoms with van der Waals surface area (Å²) in [7, 11) is 0. The average molecular weight is 599 g/mol. The van der Waals surface area contributed by atoms with Crippen molar-refractivity contribution < 1.29 is 4.42 Å². The molecule has 0 aliphatic rings. The molecule has 0 bridgehead atoms. The summed E-state index contributed by atoms with van der Waals surface area (Å²) < 4.78 is 12.0. The molecule has 3 heteroatoms. The SMILES string of the molecule is c1ccc2cc(-n3c4ccccc4c4ccc5c6ccc7c8ccccc8n(-c8ccc9ccccc9c8)c7c6oc5c43)ccc2c1. The Morgan fingerprint density at radius 1 is 0.319 bits per heavy atom. The Morgan fingerprint density at radius 2 is 0.723 bits per heavy atom. The van der Waals surface area contributed by atoms with E-state index >= 15 is 0 Å². The van der Waals surface area contributed by atoms with E-state index in [0.717, 1.165) is 44.3 Å². The number of rotatable bonds is 2. The molecule has 0 aliphatic carbocycles. The summed E-state index contributed by atoms with van der Waals surface area (Å²) in [4.78, 5) is 0. The van der Waals surface area contributed by atoms with Crippen LogP contribution in [0, 0.1) is 0 Å². The van der Waals surface area contributed by atoms with Gasteiger partial charge in [-0.05, 0) is 70.1 Å². The lowest BCUT2D eigenvalue weighted by Gasteiger charge is -2.10. The number of hydrogen-bond donors (Lipinski definition) is 0. The second-order valence-corrected chi connectivity index (χ2v) is 12.5. The maximum atomic E-state index is 7.20. The van der Waals surface area contributed by atoms with Crippen molar-refractivity contribution in [3.63, 3.8) is 0 Å². The third-order valence-corrected chi connectivity index (χ3v) is 10.1. The normalized spacial score (nSPS) is 12.3. The maximum Gasteiger partial charge on any atom is 0.160 e. The van der Waals surface area contributed by atoms with E-state index in [1.54, 1.807) is 0 Å². The van der Waals surface area contributed by atoms with Gasteiger partial charge in [-0.2, -0.15) is 0 Å². The van der Waals surface area contributed by atoms with Crippen LogP contribution in [0.2, 0.25) is 0 Å². The predicted octanol–water partition coefficient (Wildman–Crippen LogP) is 12.1. The molecule has 47 heavy (non-hydrogen) atoms. The highest BCUT2D eigenvalue weighted by Crippen LogP contribution is 2.44. The van der Waals surface area contributed by atoms with Crippen molar-refractivity contribution in [1.82, 2.24) is 9.13 Å². The standard InChI is InChI=1S/C44H26N2O/c1-3-11-29-25-31(19-17-27(29)9-1)45-39-15-7-5-13-33(39)35-21-23-37-38-24-22-36-34-14-6-8-16-40(34)46(42(36)44(38)47-43(37)41(35)45)32-20-18-28-10-2-4-12-30(28)26-32/h1-26H. The molecule has 3 aromatic heterocycles. The van der Waals surface area contributed by atoms with Gasteiger partial charge in [-0.1, -0.05) is 109 Å². The predicted molar refractivity (Wildman–Crippen MR) is 197 cm³/mol. The van der Waals surface area contributed by atoms with E-state index in [9.17, 15) is 0 Å². The molecule has 11 rings (SSSR count). The van der Waals surface area contributed by atoms with Crippen LogP contribution in [0.4, 0.5) is 0 Å². The Bertz CT molecular complexity index is 2870. The zero-order valence-corrected chi connectivity index (χ0v) is 25.3. The average Bonchev–Trinajstić information content (AvgIpc) is 3.79. The molecule has 0 amide bonds. The highest BCUT2D eigenvalue weighted by atomic mass is 16.3. The molecule has 0 aliphatic heterocycles. The smallest absolute Gasteiger partial charge is 0.160 e. The fourth-order valence-corrected chi connectivity index (χ4v) is 7.96. The van der Waals surface area contributed by atoms with Gasteiger partial charge in [0.05, 0.1) is 22.1 Å². The van der Waals surface area contributed by atoms with Crippen LogP contribution in [0.15, 0.2) is 162 Å². The van der Waals surface area contributed by atoms with Crippen LogP contribution >= 0.6 is 0 Å². The quantitative estimate of drug-likeness (QED) is 0.194. The third-order valence-electron chi connectivity index (χ3n) is 10.1. The monoisotopic (exact) mass is 598 g/mol. The van der Waals surface area contributed by atoms with Crippen LogP contribution in [0.3, 0.4) is 0 Å². The van der Waals surface area contributed by atoms with Crippen LogP contribution in [-0.2, 0) is 0 Å². The molecule has 8 aromatic carbocycles. The van der Waals surface area contributed by atoms with Crippen LogP contribution in [0.5, 0.6) is 0 Å². The van der Waals surface area contributed by atoms with Gasteiger partial charge in [0, 0.05) is 43.7 Å². The minimum Gasteiger partial charge on any atom is -0.452 e. The van der Waals surface area contributed by atoms with Gasteiger partial charge in [0.2, 0.25) is 0 Å². The molecule has 218 valence electrons. The van der Waals surface area contributed by atoms with Gasteiger partial charge in [-0.15, -0.1) is 0 Å². The molecule has 11 aromatic rings. The van der Waals surface area contributed by atoms with Crippen molar-refractivity contribution in [2.24, 2.45) is 0 Å². The molecule has 0 saturated carbocycles. The first kappa shape index (κ1) is 24.9. The second kappa shape index (κ2) is 9.12. The van der Waals surface area contributed by atoms with Crippen molar-refractivity contribution in [2.75, 3.05) is 0 Å². The van der Waals surface area contributed by atoms with Crippen LogP contribution in [0.1, 0.15) is 0 Å². The van der Waals surface area contributed by atoms with Crippen LogP contribution in [0.25, 0.3) is 98.5 Å². The fraction of sp³-hybridized carbons (Fsp3) is 0. The molecule has 0 saturated heterocycles. The van der Waals surface area contributed by atoms with E-state index in [4.69, 9.17) is 4.42 Å². The topological polar surface area (TPSA) is 23.0 Å². The van der Waals surface area contributed by atoms with Crippen molar-refractivity contribution in [2.45, 2.75) is 0 Å². The molecule has 3 nitrogen and oxygen atoms in total. The van der Waals surface area contributed by atoms with E-state index in [0.29, 0.717) is 0 Å². The van der Waals surface area contributed by atoms with E-state index in [1.807, 2.05) is 0 Å². The summed E-state index contributed by atoms with van der Waals surface area (Å²) >= 11 is 0. The molecule has 0 spiro atoms. The Balaban J connectivity index is 1.30. The molecule has 0 atom stereocenters.